The molecule has 0 radical (unpaired) electrons. The lowest BCUT2D eigenvalue weighted by Gasteiger charge is -2.30. The minimum absolute atomic E-state index is 0.0643. The SMILES string of the molecule is O=C(NC(=O)C1CCC(C(=O)OC(C(F)(F)F)C(F)(F)S(=O)(=O)O)CC1)c1cc(I)cc(I)c1I. The average Bonchev–Trinajstić information content (AvgIpc) is 2.72. The van der Waals surface area contributed by atoms with E-state index in [4.69, 9.17) is 4.55 Å². The third kappa shape index (κ3) is 7.55. The molecule has 1 aliphatic carbocycles. The maximum atomic E-state index is 13.6. The van der Waals surface area contributed by atoms with Crippen LogP contribution < -0.4 is 5.32 Å². The van der Waals surface area contributed by atoms with Crippen molar-refractivity contribution in [3.8, 4) is 0 Å². The zero-order valence-electron chi connectivity index (χ0n) is 17.0. The lowest BCUT2D eigenvalue weighted by Crippen LogP contribution is -2.52. The van der Waals surface area contributed by atoms with Crippen LogP contribution in [0.3, 0.4) is 0 Å². The van der Waals surface area contributed by atoms with Gasteiger partial charge in [-0.05, 0) is 106 Å². The van der Waals surface area contributed by atoms with Gasteiger partial charge in [-0.15, -0.1) is 0 Å². The fraction of sp³-hybridized carbons (Fsp3) is 0.500. The number of alkyl halides is 5. The Labute approximate surface area is 236 Å². The van der Waals surface area contributed by atoms with Crippen LogP contribution in [-0.2, 0) is 24.4 Å². The molecule has 0 aliphatic heterocycles. The molecule has 35 heavy (non-hydrogen) atoms. The van der Waals surface area contributed by atoms with Crippen molar-refractivity contribution in [2.75, 3.05) is 0 Å². The first-order valence-corrected chi connectivity index (χ1v) is 14.2. The number of benzene rings is 1. The average molecular weight is 865 g/mol. The Kier molecular flexibility index (Phi) is 10.2. The van der Waals surface area contributed by atoms with Gasteiger partial charge in [-0.2, -0.15) is 30.4 Å². The molecule has 1 fully saturated rings. The van der Waals surface area contributed by atoms with Crippen molar-refractivity contribution >= 4 is 95.7 Å². The van der Waals surface area contributed by atoms with E-state index in [-0.39, 0.29) is 31.2 Å². The van der Waals surface area contributed by atoms with E-state index in [1.54, 1.807) is 6.07 Å². The molecule has 196 valence electrons. The number of imide groups is 1. The molecule has 1 aromatic rings. The number of amides is 2. The fourth-order valence-corrected chi connectivity index (χ4v) is 6.12. The number of esters is 1. The van der Waals surface area contributed by atoms with E-state index in [0.29, 0.717) is 3.57 Å². The largest absolute Gasteiger partial charge is 0.444 e. The lowest BCUT2D eigenvalue weighted by atomic mass is 9.81. The Morgan fingerprint density at radius 1 is 1.00 bits per heavy atom. The first kappa shape index (κ1) is 30.8. The number of hydrogen-bond acceptors (Lipinski definition) is 6. The van der Waals surface area contributed by atoms with Crippen molar-refractivity contribution in [3.05, 3.63) is 28.4 Å². The van der Waals surface area contributed by atoms with Gasteiger partial charge in [-0.25, -0.2) is 0 Å². The van der Waals surface area contributed by atoms with E-state index in [9.17, 15) is 44.8 Å². The molecule has 1 atom stereocenters. The number of nitrogens with one attached hydrogen (secondary N) is 1. The van der Waals surface area contributed by atoms with Crippen LogP contribution in [0.5, 0.6) is 0 Å². The van der Waals surface area contributed by atoms with Crippen molar-refractivity contribution in [2.45, 2.75) is 43.2 Å². The molecule has 1 aliphatic rings. The van der Waals surface area contributed by atoms with E-state index in [1.807, 2.05) is 73.8 Å². The van der Waals surface area contributed by atoms with Crippen LogP contribution in [0.15, 0.2) is 12.1 Å². The van der Waals surface area contributed by atoms with E-state index < -0.39 is 57.3 Å². The van der Waals surface area contributed by atoms with Crippen molar-refractivity contribution in [2.24, 2.45) is 11.8 Å². The summed E-state index contributed by atoms with van der Waals surface area (Å²) >= 11 is 5.99. The summed E-state index contributed by atoms with van der Waals surface area (Å²) in [7, 11) is -6.54. The van der Waals surface area contributed by atoms with Gasteiger partial charge in [0, 0.05) is 16.6 Å². The number of carbonyl (C=O) groups is 3. The maximum absolute atomic E-state index is 13.6. The zero-order chi connectivity index (χ0) is 26.9. The Balaban J connectivity index is 2.02. The Morgan fingerprint density at radius 3 is 2.00 bits per heavy atom. The third-order valence-electron chi connectivity index (χ3n) is 5.09. The predicted octanol–water partition coefficient (Wildman–Crippen LogP) is 4.52. The van der Waals surface area contributed by atoms with E-state index >= 15 is 0 Å². The predicted molar refractivity (Wildman–Crippen MR) is 135 cm³/mol. The highest BCUT2D eigenvalue weighted by Gasteiger charge is 2.66. The van der Waals surface area contributed by atoms with Crippen LogP contribution in [0.4, 0.5) is 22.0 Å². The summed E-state index contributed by atoms with van der Waals surface area (Å²) in [6.45, 7) is 0. The first-order chi connectivity index (χ1) is 15.9. The molecule has 0 spiro atoms. The summed E-state index contributed by atoms with van der Waals surface area (Å²) in [5, 5.41) is -3.57. The number of hydrogen-bond donors (Lipinski definition) is 2. The number of ether oxygens (including phenoxy) is 1. The van der Waals surface area contributed by atoms with Crippen LogP contribution in [-0.4, -0.2) is 48.3 Å². The van der Waals surface area contributed by atoms with E-state index in [0.717, 1.165) is 7.14 Å². The van der Waals surface area contributed by atoms with Crippen LogP contribution >= 0.6 is 67.8 Å². The normalized spacial score (nSPS) is 20.1. The topological polar surface area (TPSA) is 127 Å². The summed E-state index contributed by atoms with van der Waals surface area (Å²) in [5.41, 5.74) is 0.269. The Hall–Kier alpha value is -0.420. The number of carbonyl (C=O) groups excluding carboxylic acids is 3. The smallest absolute Gasteiger partial charge is 0.432 e. The third-order valence-corrected chi connectivity index (χ3v) is 9.66. The second-order valence-corrected chi connectivity index (χ2v) is 12.5. The standard InChI is InChI=1S/C18H15F5I3NO7S/c19-17(20,21)16(18(22,23)35(31,32)33)34-15(30)8-3-1-7(2-4-8)13(28)27-14(29)10-5-9(24)6-11(25)12(10)26/h5-8,16H,1-4H2,(H,27,28,29)(H,31,32,33). The fourth-order valence-electron chi connectivity index (χ4n) is 3.27. The first-order valence-electron chi connectivity index (χ1n) is 9.48. The molecule has 1 saturated carbocycles. The van der Waals surface area contributed by atoms with Crippen molar-refractivity contribution in [1.82, 2.24) is 5.32 Å². The molecule has 1 aromatic carbocycles. The minimum Gasteiger partial charge on any atom is -0.444 e. The lowest BCUT2D eigenvalue weighted by molar-refractivity contribution is -0.261. The molecule has 0 bridgehead atoms. The van der Waals surface area contributed by atoms with Gasteiger partial charge in [0.25, 0.3) is 12.0 Å². The highest BCUT2D eigenvalue weighted by molar-refractivity contribution is 14.1. The molecular formula is C18H15F5I3NO7S. The van der Waals surface area contributed by atoms with Gasteiger partial charge < -0.3 is 4.74 Å². The highest BCUT2D eigenvalue weighted by Crippen LogP contribution is 2.39. The van der Waals surface area contributed by atoms with Gasteiger partial charge >= 0.3 is 27.5 Å². The van der Waals surface area contributed by atoms with E-state index in [1.165, 1.54) is 0 Å². The molecule has 1 unspecified atom stereocenters. The summed E-state index contributed by atoms with van der Waals surface area (Å²) in [4.78, 5) is 37.1. The molecule has 2 amide bonds. The van der Waals surface area contributed by atoms with Gasteiger partial charge in [-0.3, -0.25) is 24.3 Å². The Morgan fingerprint density at radius 2 is 1.51 bits per heavy atom. The zero-order valence-corrected chi connectivity index (χ0v) is 24.3. The molecule has 8 nitrogen and oxygen atoms in total. The van der Waals surface area contributed by atoms with Crippen LogP contribution in [0.1, 0.15) is 36.0 Å². The van der Waals surface area contributed by atoms with Gasteiger partial charge in [0.1, 0.15) is 0 Å². The summed E-state index contributed by atoms with van der Waals surface area (Å²) < 4.78 is 102. The molecular weight excluding hydrogens is 850 g/mol. The molecule has 2 N–H and O–H groups in total. The van der Waals surface area contributed by atoms with Crippen LogP contribution in [0.2, 0.25) is 0 Å². The molecule has 0 saturated heterocycles. The highest BCUT2D eigenvalue weighted by atomic mass is 127. The molecule has 0 heterocycles. The van der Waals surface area contributed by atoms with Crippen LogP contribution in [0.25, 0.3) is 0 Å². The van der Waals surface area contributed by atoms with Crippen LogP contribution in [0, 0.1) is 22.5 Å². The quantitative estimate of drug-likeness (QED) is 0.108. The van der Waals surface area contributed by atoms with Crippen molar-refractivity contribution < 1.29 is 54.0 Å². The second-order valence-electron chi connectivity index (χ2n) is 7.51. The van der Waals surface area contributed by atoms with Gasteiger partial charge in [-0.1, -0.05) is 0 Å². The van der Waals surface area contributed by atoms with Gasteiger partial charge in [0.2, 0.25) is 5.91 Å². The number of rotatable bonds is 6. The second kappa shape index (κ2) is 11.5. The van der Waals surface area contributed by atoms with E-state index in [2.05, 4.69) is 10.1 Å². The summed E-state index contributed by atoms with van der Waals surface area (Å²) in [5.74, 6) is -5.17. The van der Waals surface area contributed by atoms with Gasteiger partial charge in [0.05, 0.1) is 11.5 Å². The molecule has 0 aromatic heterocycles. The summed E-state index contributed by atoms with van der Waals surface area (Å²) in [6, 6.07) is 3.41. The van der Waals surface area contributed by atoms with Gasteiger partial charge in [0.15, 0.2) is 0 Å². The monoisotopic (exact) mass is 865 g/mol. The maximum Gasteiger partial charge on any atom is 0.432 e. The molecule has 17 heteroatoms. The van der Waals surface area contributed by atoms with Crippen molar-refractivity contribution in [1.29, 1.82) is 0 Å². The summed E-state index contributed by atoms with van der Waals surface area (Å²) in [6.07, 6.45) is -11.0. The minimum atomic E-state index is -6.54. The molecule has 2 rings (SSSR count). The Bertz CT molecular complexity index is 1120. The van der Waals surface area contributed by atoms with Crippen molar-refractivity contribution in [3.63, 3.8) is 0 Å². The number of halogens is 8.